The van der Waals surface area contributed by atoms with Gasteiger partial charge in [-0.2, -0.15) is 8.78 Å². The minimum atomic E-state index is -6.18. The second-order valence-electron chi connectivity index (χ2n) is 3.99. The fourth-order valence-electron chi connectivity index (χ4n) is 1.24. The average molecular weight is 701 g/mol. The summed E-state index contributed by atoms with van der Waals surface area (Å²) in [5, 5.41) is -5.20. The first-order valence-corrected chi connectivity index (χ1v) is 10.3. The SMILES string of the molecule is O=C(OCCOC(=O)C(F)(F)S(=O)(=O)[O-])c1cc(I)cc(I)c1I. The van der Waals surface area contributed by atoms with Crippen LogP contribution >= 0.6 is 67.8 Å². The van der Waals surface area contributed by atoms with Gasteiger partial charge in [0.2, 0.25) is 0 Å². The summed E-state index contributed by atoms with van der Waals surface area (Å²) in [5.41, 5.74) is 0.241. The molecule has 0 radical (unpaired) electrons. The summed E-state index contributed by atoms with van der Waals surface area (Å²) in [4.78, 5) is 22.8. The highest BCUT2D eigenvalue weighted by Crippen LogP contribution is 2.24. The second kappa shape index (κ2) is 8.67. The molecule has 1 rings (SSSR count). The topological polar surface area (TPSA) is 110 Å². The molecule has 0 bridgehead atoms. The fourth-order valence-corrected chi connectivity index (χ4v) is 3.88. The number of alkyl halides is 2. The number of carbonyl (C=O) groups is 2. The molecule has 0 aliphatic rings. The minimum absolute atomic E-state index is 0.241. The van der Waals surface area contributed by atoms with Crippen LogP contribution in [0, 0.1) is 10.7 Å². The van der Waals surface area contributed by atoms with Crippen molar-refractivity contribution in [1.29, 1.82) is 0 Å². The summed E-state index contributed by atoms with van der Waals surface area (Å²) in [6.07, 6.45) is 0. The lowest BCUT2D eigenvalue weighted by Gasteiger charge is -2.18. The Labute approximate surface area is 176 Å². The van der Waals surface area contributed by atoms with Crippen molar-refractivity contribution in [3.8, 4) is 0 Å². The van der Waals surface area contributed by atoms with E-state index >= 15 is 0 Å². The smallest absolute Gasteiger partial charge is 0.428 e. The number of hydrogen-bond donors (Lipinski definition) is 0. The molecule has 0 saturated carbocycles. The van der Waals surface area contributed by atoms with Gasteiger partial charge in [0.05, 0.1) is 5.56 Å². The molecule has 0 fully saturated rings. The Balaban J connectivity index is 2.61. The molecule has 0 unspecified atom stereocenters. The van der Waals surface area contributed by atoms with Crippen molar-refractivity contribution in [3.05, 3.63) is 28.4 Å². The zero-order valence-corrected chi connectivity index (χ0v) is 18.5. The van der Waals surface area contributed by atoms with E-state index in [-0.39, 0.29) is 5.56 Å². The van der Waals surface area contributed by atoms with E-state index in [2.05, 4.69) is 4.74 Å². The lowest BCUT2D eigenvalue weighted by molar-refractivity contribution is -0.162. The van der Waals surface area contributed by atoms with Crippen LogP contribution in [0.15, 0.2) is 12.1 Å². The van der Waals surface area contributed by atoms with Gasteiger partial charge in [0.1, 0.15) is 13.2 Å². The van der Waals surface area contributed by atoms with Crippen molar-refractivity contribution in [2.75, 3.05) is 13.2 Å². The van der Waals surface area contributed by atoms with Crippen LogP contribution in [0.5, 0.6) is 0 Å². The summed E-state index contributed by atoms with van der Waals surface area (Å²) in [6.45, 7) is -1.41. The van der Waals surface area contributed by atoms with E-state index in [0.29, 0.717) is 3.57 Å². The largest absolute Gasteiger partial charge is 0.743 e. The molecule has 0 heterocycles. The molecule has 134 valence electrons. The van der Waals surface area contributed by atoms with Crippen LogP contribution in [0.25, 0.3) is 0 Å². The molecule has 1 aromatic carbocycles. The predicted molar refractivity (Wildman–Crippen MR) is 100 cm³/mol. The molecule has 0 N–H and O–H groups in total. The van der Waals surface area contributed by atoms with E-state index in [9.17, 15) is 31.3 Å². The molecular weight excluding hydrogens is 695 g/mol. The maximum Gasteiger partial charge on any atom is 0.428 e. The van der Waals surface area contributed by atoms with Gasteiger partial charge in [-0.05, 0) is 79.9 Å². The van der Waals surface area contributed by atoms with Gasteiger partial charge in [-0.3, -0.25) is 0 Å². The molecule has 0 aromatic heterocycles. The number of esters is 2. The predicted octanol–water partition coefficient (Wildman–Crippen LogP) is 2.34. The molecule has 1 aromatic rings. The zero-order valence-electron chi connectivity index (χ0n) is 11.2. The van der Waals surface area contributed by atoms with E-state index in [1.54, 1.807) is 6.07 Å². The van der Waals surface area contributed by atoms with Gasteiger partial charge < -0.3 is 14.0 Å². The molecular formula is C11H6F2I3O7S-. The molecule has 0 aliphatic heterocycles. The van der Waals surface area contributed by atoms with E-state index in [1.165, 1.54) is 0 Å². The molecule has 0 spiro atoms. The number of benzene rings is 1. The van der Waals surface area contributed by atoms with Gasteiger partial charge in [-0.1, -0.05) is 0 Å². The van der Waals surface area contributed by atoms with Crippen molar-refractivity contribution in [2.24, 2.45) is 0 Å². The van der Waals surface area contributed by atoms with Gasteiger partial charge in [-0.25, -0.2) is 18.0 Å². The standard InChI is InChI=1S/C11H7F2I3O7S/c12-11(13,24(19,20)21)10(18)23-2-1-22-9(17)6-3-5(14)4-7(15)8(6)16/h3-4H,1-2H2,(H,19,20,21)/p-1. The number of halogens is 5. The van der Waals surface area contributed by atoms with Crippen LogP contribution in [0.1, 0.15) is 10.4 Å². The van der Waals surface area contributed by atoms with E-state index < -0.39 is 40.5 Å². The monoisotopic (exact) mass is 701 g/mol. The third kappa shape index (κ3) is 5.56. The Morgan fingerprint density at radius 2 is 1.67 bits per heavy atom. The Hall–Kier alpha value is 0.120. The molecule has 0 amide bonds. The van der Waals surface area contributed by atoms with Crippen molar-refractivity contribution in [2.45, 2.75) is 5.25 Å². The number of hydrogen-bond acceptors (Lipinski definition) is 7. The summed E-state index contributed by atoms with van der Waals surface area (Å²) >= 11 is 5.95. The normalized spacial score (nSPS) is 11.9. The molecule has 0 saturated heterocycles. The summed E-state index contributed by atoms with van der Waals surface area (Å²) in [6, 6.07) is 3.38. The van der Waals surface area contributed by atoms with Crippen molar-refractivity contribution in [1.82, 2.24) is 0 Å². The van der Waals surface area contributed by atoms with Crippen LogP contribution in [-0.4, -0.2) is 43.4 Å². The van der Waals surface area contributed by atoms with Crippen LogP contribution in [0.4, 0.5) is 8.78 Å². The average Bonchev–Trinajstić information content (AvgIpc) is 2.45. The first-order valence-electron chi connectivity index (χ1n) is 5.70. The summed E-state index contributed by atoms with van der Waals surface area (Å²) in [5.74, 6) is -3.29. The zero-order chi connectivity index (χ0) is 18.7. The molecule has 7 nitrogen and oxygen atoms in total. The third-order valence-corrected chi connectivity index (χ3v) is 6.78. The molecule has 0 aliphatic carbocycles. The van der Waals surface area contributed by atoms with Gasteiger partial charge in [0.15, 0.2) is 10.1 Å². The maximum atomic E-state index is 12.8. The molecule has 0 atom stereocenters. The van der Waals surface area contributed by atoms with Gasteiger partial charge >= 0.3 is 17.2 Å². The van der Waals surface area contributed by atoms with E-state index in [0.717, 1.165) is 7.14 Å². The Morgan fingerprint density at radius 3 is 2.21 bits per heavy atom. The third-order valence-electron chi connectivity index (χ3n) is 2.31. The maximum absolute atomic E-state index is 12.8. The van der Waals surface area contributed by atoms with Crippen LogP contribution < -0.4 is 0 Å². The Kier molecular flexibility index (Phi) is 8.01. The first kappa shape index (κ1) is 22.2. The van der Waals surface area contributed by atoms with E-state index in [1.807, 2.05) is 73.8 Å². The van der Waals surface area contributed by atoms with E-state index in [4.69, 9.17) is 4.74 Å². The Bertz CT molecular complexity index is 767. The highest BCUT2D eigenvalue weighted by atomic mass is 127. The minimum Gasteiger partial charge on any atom is -0.743 e. The highest BCUT2D eigenvalue weighted by molar-refractivity contribution is 14.1. The lowest BCUT2D eigenvalue weighted by atomic mass is 10.2. The number of ether oxygens (including phenoxy) is 2. The fraction of sp³-hybridized carbons (Fsp3) is 0.273. The first-order chi connectivity index (χ1) is 10.9. The Morgan fingerprint density at radius 1 is 1.12 bits per heavy atom. The highest BCUT2D eigenvalue weighted by Gasteiger charge is 2.48. The molecule has 13 heteroatoms. The van der Waals surface area contributed by atoms with Crippen molar-refractivity contribution >= 4 is 89.8 Å². The molecule has 24 heavy (non-hydrogen) atoms. The van der Waals surface area contributed by atoms with Crippen LogP contribution in [-0.2, 0) is 24.4 Å². The quantitative estimate of drug-likeness (QED) is 0.147. The second-order valence-corrected chi connectivity index (χ2v) is 8.90. The van der Waals surface area contributed by atoms with Crippen molar-refractivity contribution < 1.29 is 40.8 Å². The summed E-state index contributed by atoms with van der Waals surface area (Å²) in [7, 11) is -6.18. The number of carbonyl (C=O) groups excluding carboxylic acids is 2. The summed E-state index contributed by atoms with van der Waals surface area (Å²) < 4.78 is 67.3. The van der Waals surface area contributed by atoms with Crippen LogP contribution in [0.2, 0.25) is 0 Å². The van der Waals surface area contributed by atoms with Gasteiger partial charge in [-0.15, -0.1) is 0 Å². The van der Waals surface area contributed by atoms with Gasteiger partial charge in [0.25, 0.3) is 0 Å². The van der Waals surface area contributed by atoms with Crippen molar-refractivity contribution in [3.63, 3.8) is 0 Å². The lowest BCUT2D eigenvalue weighted by Crippen LogP contribution is -2.39. The van der Waals surface area contributed by atoms with Crippen LogP contribution in [0.3, 0.4) is 0 Å². The van der Waals surface area contributed by atoms with Gasteiger partial charge in [0, 0.05) is 10.7 Å². The number of rotatable bonds is 6.